The average molecular weight is 124 g/mol. The SMILES string of the molecule is CC1CCC12CCC2=O. The van der Waals surface area contributed by atoms with E-state index in [2.05, 4.69) is 6.92 Å². The fourth-order valence-electron chi connectivity index (χ4n) is 2.12. The molecular weight excluding hydrogens is 112 g/mol. The molecule has 0 heterocycles. The molecule has 0 N–H and O–H groups in total. The summed E-state index contributed by atoms with van der Waals surface area (Å²) in [5, 5.41) is 0. The summed E-state index contributed by atoms with van der Waals surface area (Å²) in [4.78, 5) is 11.0. The maximum absolute atomic E-state index is 11.0. The Balaban J connectivity index is 2.16. The van der Waals surface area contributed by atoms with Crippen LogP contribution < -0.4 is 0 Å². The largest absolute Gasteiger partial charge is 0.299 e. The monoisotopic (exact) mass is 124 g/mol. The lowest BCUT2D eigenvalue weighted by Gasteiger charge is -2.53. The smallest absolute Gasteiger partial charge is 0.139 e. The minimum Gasteiger partial charge on any atom is -0.299 e. The zero-order valence-electron chi connectivity index (χ0n) is 5.81. The van der Waals surface area contributed by atoms with Gasteiger partial charge in [-0.05, 0) is 25.2 Å². The molecule has 1 spiro atoms. The van der Waals surface area contributed by atoms with Crippen molar-refractivity contribution >= 4 is 5.78 Å². The Morgan fingerprint density at radius 1 is 1.56 bits per heavy atom. The van der Waals surface area contributed by atoms with Crippen LogP contribution in [0, 0.1) is 11.3 Å². The molecule has 9 heavy (non-hydrogen) atoms. The van der Waals surface area contributed by atoms with E-state index < -0.39 is 0 Å². The standard InChI is InChI=1S/C8H12O/c1-6-2-4-8(6)5-3-7(8)9/h6H,2-5H2,1H3. The number of carbonyl (C=O) groups is 1. The quantitative estimate of drug-likeness (QED) is 0.481. The van der Waals surface area contributed by atoms with Crippen molar-refractivity contribution < 1.29 is 4.79 Å². The lowest BCUT2D eigenvalue weighted by Crippen LogP contribution is -2.52. The lowest BCUT2D eigenvalue weighted by molar-refractivity contribution is -0.152. The summed E-state index contributed by atoms with van der Waals surface area (Å²) >= 11 is 0. The first-order valence-electron chi connectivity index (χ1n) is 3.79. The van der Waals surface area contributed by atoms with E-state index in [0.29, 0.717) is 11.7 Å². The number of hydrogen-bond acceptors (Lipinski definition) is 1. The Hall–Kier alpha value is -0.330. The Morgan fingerprint density at radius 2 is 2.33 bits per heavy atom. The molecule has 0 radical (unpaired) electrons. The predicted molar refractivity (Wildman–Crippen MR) is 35.1 cm³/mol. The van der Waals surface area contributed by atoms with Gasteiger partial charge < -0.3 is 0 Å². The second kappa shape index (κ2) is 1.39. The molecule has 0 saturated heterocycles. The van der Waals surface area contributed by atoms with Gasteiger partial charge in [0.15, 0.2) is 0 Å². The van der Waals surface area contributed by atoms with Gasteiger partial charge in [-0.3, -0.25) is 4.79 Å². The van der Waals surface area contributed by atoms with Gasteiger partial charge in [-0.25, -0.2) is 0 Å². The van der Waals surface area contributed by atoms with Crippen molar-refractivity contribution in [3.63, 3.8) is 0 Å². The number of Topliss-reactive ketones (excluding diaryl/α,β-unsaturated/α-hetero) is 1. The summed E-state index contributed by atoms with van der Waals surface area (Å²) in [5.41, 5.74) is 0.222. The topological polar surface area (TPSA) is 17.1 Å². The third-order valence-corrected chi connectivity index (χ3v) is 3.32. The van der Waals surface area contributed by atoms with Crippen molar-refractivity contribution in [3.8, 4) is 0 Å². The highest BCUT2D eigenvalue weighted by atomic mass is 16.1. The second-order valence-electron chi connectivity index (χ2n) is 3.52. The predicted octanol–water partition coefficient (Wildman–Crippen LogP) is 1.77. The highest BCUT2D eigenvalue weighted by molar-refractivity contribution is 5.91. The van der Waals surface area contributed by atoms with Crippen LogP contribution in [0.4, 0.5) is 0 Å². The molecule has 2 atom stereocenters. The molecule has 2 rings (SSSR count). The van der Waals surface area contributed by atoms with Gasteiger partial charge in [-0.2, -0.15) is 0 Å². The van der Waals surface area contributed by atoms with E-state index in [1.165, 1.54) is 19.3 Å². The molecule has 2 saturated carbocycles. The number of hydrogen-bond donors (Lipinski definition) is 0. The van der Waals surface area contributed by atoms with Crippen LogP contribution in [0.1, 0.15) is 32.6 Å². The zero-order valence-corrected chi connectivity index (χ0v) is 5.81. The highest BCUT2D eigenvalue weighted by Gasteiger charge is 2.54. The molecule has 2 unspecified atom stereocenters. The average Bonchev–Trinajstić information content (AvgIpc) is 1.82. The van der Waals surface area contributed by atoms with Gasteiger partial charge in [0.1, 0.15) is 5.78 Å². The van der Waals surface area contributed by atoms with Crippen LogP contribution in [-0.2, 0) is 4.79 Å². The van der Waals surface area contributed by atoms with E-state index in [1.807, 2.05) is 0 Å². The van der Waals surface area contributed by atoms with E-state index in [1.54, 1.807) is 0 Å². The van der Waals surface area contributed by atoms with Crippen LogP contribution in [0.2, 0.25) is 0 Å². The molecular formula is C8H12O. The maximum atomic E-state index is 11.0. The van der Waals surface area contributed by atoms with Crippen molar-refractivity contribution in [1.82, 2.24) is 0 Å². The first-order chi connectivity index (χ1) is 4.26. The molecule has 50 valence electrons. The Morgan fingerprint density at radius 3 is 2.33 bits per heavy atom. The van der Waals surface area contributed by atoms with Gasteiger partial charge in [0, 0.05) is 11.8 Å². The molecule has 2 aliphatic carbocycles. The Labute approximate surface area is 55.4 Å². The molecule has 0 aromatic carbocycles. The third kappa shape index (κ3) is 0.440. The van der Waals surface area contributed by atoms with Crippen LogP contribution >= 0.6 is 0 Å². The summed E-state index contributed by atoms with van der Waals surface area (Å²) in [6, 6.07) is 0. The van der Waals surface area contributed by atoms with E-state index in [9.17, 15) is 4.79 Å². The Kier molecular flexibility index (Phi) is 0.842. The number of carbonyl (C=O) groups excluding carboxylic acids is 1. The van der Waals surface area contributed by atoms with E-state index >= 15 is 0 Å². The molecule has 0 aromatic rings. The maximum Gasteiger partial charge on any atom is 0.139 e. The van der Waals surface area contributed by atoms with Crippen molar-refractivity contribution in [2.24, 2.45) is 11.3 Å². The van der Waals surface area contributed by atoms with Crippen LogP contribution in [0.15, 0.2) is 0 Å². The molecule has 2 fully saturated rings. The minimum absolute atomic E-state index is 0.222. The molecule has 1 heteroatoms. The Bertz CT molecular complexity index is 158. The lowest BCUT2D eigenvalue weighted by atomic mass is 9.50. The first kappa shape index (κ1) is 5.45. The molecule has 1 nitrogen and oxygen atoms in total. The van der Waals surface area contributed by atoms with Crippen LogP contribution in [0.5, 0.6) is 0 Å². The van der Waals surface area contributed by atoms with Gasteiger partial charge in [-0.15, -0.1) is 0 Å². The molecule has 2 aliphatic rings. The van der Waals surface area contributed by atoms with Gasteiger partial charge >= 0.3 is 0 Å². The van der Waals surface area contributed by atoms with Gasteiger partial charge in [0.05, 0.1) is 0 Å². The summed E-state index contributed by atoms with van der Waals surface area (Å²) < 4.78 is 0. The van der Waals surface area contributed by atoms with E-state index in [-0.39, 0.29) is 5.41 Å². The van der Waals surface area contributed by atoms with Crippen molar-refractivity contribution in [2.45, 2.75) is 32.6 Å². The number of ketones is 1. The van der Waals surface area contributed by atoms with Crippen LogP contribution in [0.3, 0.4) is 0 Å². The van der Waals surface area contributed by atoms with Gasteiger partial charge in [0.25, 0.3) is 0 Å². The van der Waals surface area contributed by atoms with E-state index in [0.717, 1.165) is 6.42 Å². The first-order valence-corrected chi connectivity index (χ1v) is 3.79. The van der Waals surface area contributed by atoms with Gasteiger partial charge in [-0.1, -0.05) is 6.92 Å². The number of rotatable bonds is 0. The van der Waals surface area contributed by atoms with Gasteiger partial charge in [0.2, 0.25) is 0 Å². The third-order valence-electron chi connectivity index (χ3n) is 3.32. The fourth-order valence-corrected chi connectivity index (χ4v) is 2.12. The second-order valence-corrected chi connectivity index (χ2v) is 3.52. The van der Waals surface area contributed by atoms with Crippen molar-refractivity contribution in [1.29, 1.82) is 0 Å². The molecule has 0 bridgehead atoms. The summed E-state index contributed by atoms with van der Waals surface area (Å²) in [6.45, 7) is 2.21. The van der Waals surface area contributed by atoms with Crippen molar-refractivity contribution in [3.05, 3.63) is 0 Å². The summed E-state index contributed by atoms with van der Waals surface area (Å²) in [6.07, 6.45) is 4.52. The molecule has 0 aliphatic heterocycles. The summed E-state index contributed by atoms with van der Waals surface area (Å²) in [7, 11) is 0. The molecule has 0 aromatic heterocycles. The highest BCUT2D eigenvalue weighted by Crippen LogP contribution is 2.56. The minimum atomic E-state index is 0.222. The fraction of sp³-hybridized carbons (Fsp3) is 0.875. The van der Waals surface area contributed by atoms with Crippen LogP contribution in [0.25, 0.3) is 0 Å². The van der Waals surface area contributed by atoms with E-state index in [4.69, 9.17) is 0 Å². The van der Waals surface area contributed by atoms with Crippen LogP contribution in [-0.4, -0.2) is 5.78 Å². The van der Waals surface area contributed by atoms with Crippen molar-refractivity contribution in [2.75, 3.05) is 0 Å². The summed E-state index contributed by atoms with van der Waals surface area (Å²) in [5.74, 6) is 1.25. The zero-order chi connectivity index (χ0) is 6.48. The molecule has 0 amide bonds. The normalized spacial score (nSPS) is 48.6.